The largest absolute Gasteiger partial charge is 0.369 e. The molecular formula is C20H32ClN5O. The molecule has 2 rings (SSSR count). The first-order valence-electron chi connectivity index (χ1n) is 9.69. The SMILES string of the molecule is CCNC(=O)C(C)(C)CN=C(NCC)NC1CCN(c2cccc(Cl)c2)C1. The number of carbonyl (C=O) groups excluding carboxylic acids is 1. The Kier molecular flexibility index (Phi) is 7.78. The molecule has 0 spiro atoms. The monoisotopic (exact) mass is 393 g/mol. The van der Waals surface area contributed by atoms with E-state index in [1.807, 2.05) is 45.9 Å². The standard InChI is InChI=1S/C20H32ClN5O/c1-5-22-18(27)20(3,4)14-24-19(23-6-2)25-16-10-11-26(13-16)17-9-7-8-15(21)12-17/h7-9,12,16H,5-6,10-11,13-14H2,1-4H3,(H,22,27)(H2,23,24,25). The summed E-state index contributed by atoms with van der Waals surface area (Å²) in [6.07, 6.45) is 1.02. The van der Waals surface area contributed by atoms with Gasteiger partial charge in [-0.3, -0.25) is 9.79 Å². The van der Waals surface area contributed by atoms with E-state index in [1.165, 1.54) is 0 Å². The van der Waals surface area contributed by atoms with Crippen LogP contribution in [0.25, 0.3) is 0 Å². The lowest BCUT2D eigenvalue weighted by Gasteiger charge is -2.23. The summed E-state index contributed by atoms with van der Waals surface area (Å²) in [5.74, 6) is 0.783. The maximum Gasteiger partial charge on any atom is 0.227 e. The third-order valence-electron chi connectivity index (χ3n) is 4.63. The molecule has 7 heteroatoms. The van der Waals surface area contributed by atoms with Crippen molar-refractivity contribution in [3.05, 3.63) is 29.3 Å². The number of guanidine groups is 1. The topological polar surface area (TPSA) is 68.8 Å². The molecule has 1 amide bonds. The van der Waals surface area contributed by atoms with E-state index in [0.717, 1.165) is 42.7 Å². The lowest BCUT2D eigenvalue weighted by atomic mass is 9.92. The number of halogens is 1. The number of hydrogen-bond donors (Lipinski definition) is 3. The van der Waals surface area contributed by atoms with Gasteiger partial charge in [0.2, 0.25) is 5.91 Å². The molecule has 1 fully saturated rings. The van der Waals surface area contributed by atoms with Crippen LogP contribution in [-0.2, 0) is 4.79 Å². The van der Waals surface area contributed by atoms with Crippen LogP contribution in [0.4, 0.5) is 5.69 Å². The Morgan fingerprint density at radius 3 is 2.70 bits per heavy atom. The van der Waals surface area contributed by atoms with Crippen molar-refractivity contribution >= 4 is 29.2 Å². The average molecular weight is 394 g/mol. The van der Waals surface area contributed by atoms with Gasteiger partial charge in [0.25, 0.3) is 0 Å². The molecule has 6 nitrogen and oxygen atoms in total. The van der Waals surface area contributed by atoms with Crippen molar-refractivity contribution in [2.24, 2.45) is 10.4 Å². The molecule has 0 aliphatic carbocycles. The normalized spacial score (nSPS) is 17.7. The first-order chi connectivity index (χ1) is 12.9. The molecule has 1 aliphatic rings. The molecule has 0 aromatic heterocycles. The first kappa shape index (κ1) is 21.4. The van der Waals surface area contributed by atoms with Crippen LogP contribution in [-0.4, -0.2) is 50.6 Å². The van der Waals surface area contributed by atoms with E-state index in [2.05, 4.69) is 31.9 Å². The number of benzene rings is 1. The highest BCUT2D eigenvalue weighted by molar-refractivity contribution is 6.30. The van der Waals surface area contributed by atoms with Gasteiger partial charge in [0.05, 0.1) is 12.0 Å². The van der Waals surface area contributed by atoms with Crippen molar-refractivity contribution in [3.63, 3.8) is 0 Å². The third-order valence-corrected chi connectivity index (χ3v) is 4.87. The van der Waals surface area contributed by atoms with Crippen LogP contribution >= 0.6 is 11.6 Å². The Balaban J connectivity index is 1.96. The molecule has 1 saturated heterocycles. The van der Waals surface area contributed by atoms with Crippen LogP contribution in [0.3, 0.4) is 0 Å². The van der Waals surface area contributed by atoms with Crippen LogP contribution in [0.5, 0.6) is 0 Å². The molecular weight excluding hydrogens is 362 g/mol. The summed E-state index contributed by atoms with van der Waals surface area (Å²) in [6.45, 7) is 11.5. The fourth-order valence-corrected chi connectivity index (χ4v) is 3.23. The van der Waals surface area contributed by atoms with Gasteiger partial charge in [-0.25, -0.2) is 0 Å². The smallest absolute Gasteiger partial charge is 0.227 e. The molecule has 0 radical (unpaired) electrons. The second-order valence-corrected chi connectivity index (χ2v) is 7.93. The fraction of sp³-hybridized carbons (Fsp3) is 0.600. The Morgan fingerprint density at radius 2 is 2.04 bits per heavy atom. The van der Waals surface area contributed by atoms with Crippen molar-refractivity contribution in [1.82, 2.24) is 16.0 Å². The Bertz CT molecular complexity index is 662. The Labute approximate surface area is 167 Å². The summed E-state index contributed by atoms with van der Waals surface area (Å²) in [6, 6.07) is 8.26. The molecule has 1 heterocycles. The fourth-order valence-electron chi connectivity index (χ4n) is 3.05. The zero-order valence-electron chi connectivity index (χ0n) is 16.8. The summed E-state index contributed by atoms with van der Waals surface area (Å²) in [7, 11) is 0. The Hall–Kier alpha value is -1.95. The maximum absolute atomic E-state index is 12.2. The number of nitrogens with one attached hydrogen (secondary N) is 3. The quantitative estimate of drug-likeness (QED) is 0.492. The van der Waals surface area contributed by atoms with E-state index < -0.39 is 5.41 Å². The van der Waals surface area contributed by atoms with Gasteiger partial charge in [-0.15, -0.1) is 0 Å². The molecule has 27 heavy (non-hydrogen) atoms. The highest BCUT2D eigenvalue weighted by atomic mass is 35.5. The van der Waals surface area contributed by atoms with E-state index in [4.69, 9.17) is 11.6 Å². The molecule has 1 unspecified atom stereocenters. The summed E-state index contributed by atoms with van der Waals surface area (Å²) < 4.78 is 0. The van der Waals surface area contributed by atoms with Crippen LogP contribution in [0.15, 0.2) is 29.3 Å². The number of rotatable bonds is 7. The van der Waals surface area contributed by atoms with Crippen molar-refractivity contribution in [2.75, 3.05) is 37.6 Å². The number of nitrogens with zero attached hydrogens (tertiary/aromatic N) is 2. The minimum absolute atomic E-state index is 0.0256. The average Bonchev–Trinajstić information content (AvgIpc) is 3.09. The van der Waals surface area contributed by atoms with E-state index in [1.54, 1.807) is 0 Å². The molecule has 0 bridgehead atoms. The van der Waals surface area contributed by atoms with Crippen LogP contribution in [0.2, 0.25) is 5.02 Å². The number of hydrogen-bond acceptors (Lipinski definition) is 3. The van der Waals surface area contributed by atoms with Gasteiger partial charge in [0.1, 0.15) is 0 Å². The second kappa shape index (κ2) is 9.83. The number of aliphatic imine (C=N–C) groups is 1. The van der Waals surface area contributed by atoms with Gasteiger partial charge in [-0.2, -0.15) is 0 Å². The molecule has 1 atom stereocenters. The zero-order chi connectivity index (χ0) is 19.9. The maximum atomic E-state index is 12.2. The van der Waals surface area contributed by atoms with Crippen LogP contribution in [0.1, 0.15) is 34.1 Å². The predicted molar refractivity (Wildman–Crippen MR) is 114 cm³/mol. The summed E-state index contributed by atoms with van der Waals surface area (Å²) in [4.78, 5) is 19.2. The van der Waals surface area contributed by atoms with E-state index in [9.17, 15) is 4.79 Å². The number of amides is 1. The number of carbonyl (C=O) groups is 1. The van der Waals surface area contributed by atoms with Gasteiger partial charge in [-0.05, 0) is 52.3 Å². The lowest BCUT2D eigenvalue weighted by molar-refractivity contribution is -0.128. The number of anilines is 1. The summed E-state index contributed by atoms with van der Waals surface area (Å²) >= 11 is 6.11. The van der Waals surface area contributed by atoms with Crippen molar-refractivity contribution in [3.8, 4) is 0 Å². The predicted octanol–water partition coefficient (Wildman–Crippen LogP) is 2.64. The third kappa shape index (κ3) is 6.31. The lowest BCUT2D eigenvalue weighted by Crippen LogP contribution is -2.46. The minimum atomic E-state index is -0.541. The van der Waals surface area contributed by atoms with Gasteiger partial charge in [-0.1, -0.05) is 17.7 Å². The van der Waals surface area contributed by atoms with Crippen molar-refractivity contribution in [1.29, 1.82) is 0 Å². The van der Waals surface area contributed by atoms with Crippen molar-refractivity contribution in [2.45, 2.75) is 40.2 Å². The Morgan fingerprint density at radius 1 is 1.30 bits per heavy atom. The van der Waals surface area contributed by atoms with Crippen LogP contribution in [0, 0.1) is 5.41 Å². The van der Waals surface area contributed by atoms with Crippen LogP contribution < -0.4 is 20.9 Å². The minimum Gasteiger partial charge on any atom is -0.369 e. The molecule has 0 saturated carbocycles. The van der Waals surface area contributed by atoms with E-state index in [-0.39, 0.29) is 5.91 Å². The zero-order valence-corrected chi connectivity index (χ0v) is 17.6. The van der Waals surface area contributed by atoms with E-state index >= 15 is 0 Å². The van der Waals surface area contributed by atoms with Gasteiger partial charge < -0.3 is 20.9 Å². The molecule has 3 N–H and O–H groups in total. The summed E-state index contributed by atoms with van der Waals surface area (Å²) in [5.41, 5.74) is 0.604. The second-order valence-electron chi connectivity index (χ2n) is 7.49. The molecule has 1 aromatic carbocycles. The van der Waals surface area contributed by atoms with Gasteiger partial charge in [0.15, 0.2) is 5.96 Å². The summed E-state index contributed by atoms with van der Waals surface area (Å²) in [5, 5.41) is 10.4. The van der Waals surface area contributed by atoms with E-state index in [0.29, 0.717) is 19.1 Å². The first-order valence-corrected chi connectivity index (χ1v) is 10.1. The highest BCUT2D eigenvalue weighted by Crippen LogP contribution is 2.23. The molecule has 150 valence electrons. The van der Waals surface area contributed by atoms with Gasteiger partial charge in [0, 0.05) is 42.9 Å². The van der Waals surface area contributed by atoms with Gasteiger partial charge >= 0.3 is 0 Å². The molecule has 1 aliphatic heterocycles. The van der Waals surface area contributed by atoms with Crippen molar-refractivity contribution < 1.29 is 4.79 Å². The highest BCUT2D eigenvalue weighted by Gasteiger charge is 2.28. The molecule has 1 aromatic rings.